The predicted octanol–water partition coefficient (Wildman–Crippen LogP) is 3.74. The van der Waals surface area contributed by atoms with E-state index in [0.29, 0.717) is 11.8 Å². The minimum Gasteiger partial charge on any atom is -0.321 e. The molecule has 2 atom stereocenters. The number of nitrogens with two attached hydrogens (primary N) is 1. The van der Waals surface area contributed by atoms with E-state index in [9.17, 15) is 4.39 Å². The average Bonchev–Trinajstić information content (AvgIpc) is 2.13. The van der Waals surface area contributed by atoms with Gasteiger partial charge in [-0.3, -0.25) is 0 Å². The lowest BCUT2D eigenvalue weighted by Crippen LogP contribution is -2.44. The first kappa shape index (κ1) is 12.6. The van der Waals surface area contributed by atoms with Gasteiger partial charge in [-0.15, -0.1) is 0 Å². The van der Waals surface area contributed by atoms with Crippen molar-refractivity contribution in [2.75, 3.05) is 0 Å². The SMILES string of the molecule is Cc1cc(F)ccc1C1(N)CC(C)CC(C)C1. The summed E-state index contributed by atoms with van der Waals surface area (Å²) in [5.41, 5.74) is 8.42. The quantitative estimate of drug-likeness (QED) is 0.788. The van der Waals surface area contributed by atoms with Crippen molar-refractivity contribution in [2.45, 2.75) is 45.6 Å². The third-order valence-corrected chi connectivity index (χ3v) is 3.96. The van der Waals surface area contributed by atoms with E-state index in [0.717, 1.165) is 24.0 Å². The van der Waals surface area contributed by atoms with Crippen molar-refractivity contribution >= 4 is 0 Å². The molecule has 94 valence electrons. The first-order valence-corrected chi connectivity index (χ1v) is 6.46. The molecule has 17 heavy (non-hydrogen) atoms. The van der Waals surface area contributed by atoms with Gasteiger partial charge in [-0.25, -0.2) is 4.39 Å². The molecule has 2 N–H and O–H groups in total. The van der Waals surface area contributed by atoms with Gasteiger partial charge in [-0.05, 0) is 61.3 Å². The van der Waals surface area contributed by atoms with Crippen molar-refractivity contribution in [1.82, 2.24) is 0 Å². The summed E-state index contributed by atoms with van der Waals surface area (Å²) in [6.45, 7) is 6.48. The van der Waals surface area contributed by atoms with Gasteiger partial charge in [0.1, 0.15) is 5.82 Å². The summed E-state index contributed by atoms with van der Waals surface area (Å²) in [6, 6.07) is 4.99. The third-order valence-electron chi connectivity index (χ3n) is 3.96. The summed E-state index contributed by atoms with van der Waals surface area (Å²) in [4.78, 5) is 0. The van der Waals surface area contributed by atoms with E-state index in [1.807, 2.05) is 13.0 Å². The molecule has 2 unspecified atom stereocenters. The van der Waals surface area contributed by atoms with Crippen LogP contribution < -0.4 is 5.73 Å². The molecule has 0 aliphatic heterocycles. The molecule has 2 rings (SSSR count). The lowest BCUT2D eigenvalue weighted by molar-refractivity contribution is 0.183. The van der Waals surface area contributed by atoms with E-state index < -0.39 is 0 Å². The Kier molecular flexibility index (Phi) is 3.26. The summed E-state index contributed by atoms with van der Waals surface area (Å²) in [7, 11) is 0. The average molecular weight is 235 g/mol. The Labute approximate surface area is 103 Å². The number of aryl methyl sites for hydroxylation is 1. The number of rotatable bonds is 1. The number of benzene rings is 1. The molecule has 0 amide bonds. The van der Waals surface area contributed by atoms with Gasteiger partial charge in [0.2, 0.25) is 0 Å². The van der Waals surface area contributed by atoms with Crippen molar-refractivity contribution in [1.29, 1.82) is 0 Å². The summed E-state index contributed by atoms with van der Waals surface area (Å²) >= 11 is 0. The molecule has 1 nitrogen and oxygen atoms in total. The third kappa shape index (κ3) is 2.52. The van der Waals surface area contributed by atoms with E-state index in [-0.39, 0.29) is 11.4 Å². The summed E-state index contributed by atoms with van der Waals surface area (Å²) in [6.07, 6.45) is 3.26. The van der Waals surface area contributed by atoms with Crippen LogP contribution in [0.4, 0.5) is 4.39 Å². The minimum absolute atomic E-state index is 0.174. The first-order chi connectivity index (χ1) is 7.90. The van der Waals surface area contributed by atoms with Crippen LogP contribution in [0.15, 0.2) is 18.2 Å². The molecule has 1 aromatic carbocycles. The van der Waals surface area contributed by atoms with E-state index in [1.54, 1.807) is 6.07 Å². The fourth-order valence-corrected chi connectivity index (χ4v) is 3.59. The minimum atomic E-state index is -0.269. The molecule has 1 aromatic rings. The van der Waals surface area contributed by atoms with E-state index in [4.69, 9.17) is 5.73 Å². The van der Waals surface area contributed by atoms with E-state index in [1.165, 1.54) is 12.5 Å². The van der Waals surface area contributed by atoms with Gasteiger partial charge in [0.15, 0.2) is 0 Å². The van der Waals surface area contributed by atoms with Crippen molar-refractivity contribution in [3.63, 3.8) is 0 Å². The Morgan fingerprint density at radius 3 is 2.35 bits per heavy atom. The van der Waals surface area contributed by atoms with Crippen LogP contribution in [0.5, 0.6) is 0 Å². The second-order valence-corrected chi connectivity index (χ2v) is 5.97. The molecule has 0 aromatic heterocycles. The molecular weight excluding hydrogens is 213 g/mol. The smallest absolute Gasteiger partial charge is 0.123 e. The fraction of sp³-hybridized carbons (Fsp3) is 0.600. The van der Waals surface area contributed by atoms with Crippen molar-refractivity contribution < 1.29 is 4.39 Å². The fourth-order valence-electron chi connectivity index (χ4n) is 3.59. The maximum Gasteiger partial charge on any atom is 0.123 e. The molecule has 1 fully saturated rings. The molecule has 0 bridgehead atoms. The zero-order valence-corrected chi connectivity index (χ0v) is 11.0. The van der Waals surface area contributed by atoms with Gasteiger partial charge in [0.25, 0.3) is 0 Å². The molecule has 1 aliphatic carbocycles. The Morgan fingerprint density at radius 1 is 1.24 bits per heavy atom. The first-order valence-electron chi connectivity index (χ1n) is 6.46. The molecular formula is C15H22FN. The van der Waals surface area contributed by atoms with Crippen molar-refractivity contribution in [3.8, 4) is 0 Å². The molecule has 0 spiro atoms. The monoisotopic (exact) mass is 235 g/mol. The van der Waals surface area contributed by atoms with Crippen LogP contribution in [0.1, 0.15) is 44.2 Å². The Balaban J connectivity index is 2.36. The maximum absolute atomic E-state index is 13.2. The highest BCUT2D eigenvalue weighted by Crippen LogP contribution is 2.41. The van der Waals surface area contributed by atoms with Gasteiger partial charge in [0, 0.05) is 5.54 Å². The highest BCUT2D eigenvalue weighted by molar-refractivity contribution is 5.33. The van der Waals surface area contributed by atoms with Gasteiger partial charge in [-0.2, -0.15) is 0 Å². The molecule has 0 saturated heterocycles. The Bertz CT molecular complexity index is 403. The second kappa shape index (κ2) is 4.41. The zero-order valence-electron chi connectivity index (χ0n) is 11.0. The van der Waals surface area contributed by atoms with Crippen LogP contribution in [0.25, 0.3) is 0 Å². The molecule has 1 saturated carbocycles. The highest BCUT2D eigenvalue weighted by Gasteiger charge is 2.36. The van der Waals surface area contributed by atoms with Crippen LogP contribution in [0.3, 0.4) is 0 Å². The van der Waals surface area contributed by atoms with Crippen LogP contribution in [-0.4, -0.2) is 0 Å². The summed E-state index contributed by atoms with van der Waals surface area (Å²) in [5.74, 6) is 1.12. The maximum atomic E-state index is 13.2. The highest BCUT2D eigenvalue weighted by atomic mass is 19.1. The molecule has 2 heteroatoms. The largest absolute Gasteiger partial charge is 0.321 e. The predicted molar refractivity (Wildman–Crippen MR) is 69.2 cm³/mol. The number of hydrogen-bond acceptors (Lipinski definition) is 1. The molecule has 0 heterocycles. The van der Waals surface area contributed by atoms with Crippen LogP contribution >= 0.6 is 0 Å². The summed E-state index contributed by atoms with van der Waals surface area (Å²) in [5, 5.41) is 0. The van der Waals surface area contributed by atoms with Crippen molar-refractivity contribution in [3.05, 3.63) is 35.1 Å². The van der Waals surface area contributed by atoms with Crippen molar-refractivity contribution in [2.24, 2.45) is 17.6 Å². The van der Waals surface area contributed by atoms with Crippen LogP contribution in [0, 0.1) is 24.6 Å². The summed E-state index contributed by atoms with van der Waals surface area (Å²) < 4.78 is 13.2. The lowest BCUT2D eigenvalue weighted by Gasteiger charge is -2.41. The van der Waals surface area contributed by atoms with Gasteiger partial charge < -0.3 is 5.73 Å². The number of hydrogen-bond donors (Lipinski definition) is 1. The van der Waals surface area contributed by atoms with Crippen LogP contribution in [0.2, 0.25) is 0 Å². The zero-order chi connectivity index (χ0) is 12.6. The number of halogens is 1. The lowest BCUT2D eigenvalue weighted by atomic mass is 9.68. The van der Waals surface area contributed by atoms with Gasteiger partial charge in [-0.1, -0.05) is 19.9 Å². The van der Waals surface area contributed by atoms with E-state index >= 15 is 0 Å². The normalized spacial score (nSPS) is 33.7. The Morgan fingerprint density at radius 2 is 1.82 bits per heavy atom. The molecule has 0 radical (unpaired) electrons. The topological polar surface area (TPSA) is 26.0 Å². The van der Waals surface area contributed by atoms with E-state index in [2.05, 4.69) is 13.8 Å². The standard InChI is InChI=1S/C15H22FN/c1-10-6-11(2)9-15(17,8-10)14-5-4-13(16)7-12(14)3/h4-5,7,10-11H,6,8-9,17H2,1-3H3. The Hall–Kier alpha value is -0.890. The second-order valence-electron chi connectivity index (χ2n) is 5.97. The molecule has 1 aliphatic rings. The van der Waals surface area contributed by atoms with Gasteiger partial charge in [0.05, 0.1) is 0 Å². The van der Waals surface area contributed by atoms with Crippen LogP contribution in [-0.2, 0) is 5.54 Å². The van der Waals surface area contributed by atoms with Gasteiger partial charge >= 0.3 is 0 Å².